The standard InChI is InChI=1S/C70H124N10O14/c1-24-26-29-46(13)61(83)58-63(85)72-52(25-2)68(90)74(18)49(16)66(88)79(23)60(50(17)94-33-28-27-30-80-31-34-93-35-32-80)57(82)40-51(44(9)10)67(89)75(19)53(36-41(3)4)56(81)39-47(14)62(84)71-48(15)65(87)76(20)54(37-42(5)6)69(91)77(21)55(38-43(7)8)70(92)78(22)59(45(11)12)64(86)73-58/h24,26,41-55,58-61,83H,25,27-40H2,1-23H3,(H,71,84)(H,72,85)(H,73,86)/b26-24+/t46-,47-,48-,49-,50-,51+,52+,53+,54+,55+,58+,59+,60+,61-/m1/s1. The Morgan fingerprint density at radius 3 is 1.57 bits per heavy atom. The van der Waals surface area contributed by atoms with Crippen LogP contribution in [0, 0.1) is 47.3 Å². The fourth-order valence-corrected chi connectivity index (χ4v) is 12.6. The molecule has 0 unspecified atom stereocenters. The Balaban J connectivity index is 2.97. The minimum absolute atomic E-state index is 0.00113. The number of carbonyl (C=O) groups excluding carboxylic acids is 11. The number of rotatable bonds is 20. The third kappa shape index (κ3) is 24.4. The van der Waals surface area contributed by atoms with E-state index in [-0.39, 0.29) is 62.9 Å². The number of likely N-dealkylation sites (N-methyl/N-ethyl adjacent to an activating group) is 6. The lowest BCUT2D eigenvalue weighted by Crippen LogP contribution is -2.63. The molecule has 0 aromatic heterocycles. The fourth-order valence-electron chi connectivity index (χ4n) is 12.6. The van der Waals surface area contributed by atoms with Crippen LogP contribution in [-0.2, 0) is 62.2 Å². The van der Waals surface area contributed by atoms with Gasteiger partial charge in [0.05, 0.1) is 31.5 Å². The average molecular weight is 1330 g/mol. The molecule has 2 aliphatic rings. The van der Waals surface area contributed by atoms with Gasteiger partial charge >= 0.3 is 0 Å². The topological polar surface area (TPSA) is 285 Å². The molecule has 2 saturated heterocycles. The largest absolute Gasteiger partial charge is 0.390 e. The van der Waals surface area contributed by atoms with Gasteiger partial charge in [0.2, 0.25) is 53.2 Å². The molecular formula is C70H124N10O14. The number of nitrogens with one attached hydrogen (secondary N) is 3. The first-order chi connectivity index (χ1) is 43.8. The second-order valence-corrected chi connectivity index (χ2v) is 28.7. The van der Waals surface area contributed by atoms with Crippen LogP contribution < -0.4 is 16.0 Å². The van der Waals surface area contributed by atoms with Gasteiger partial charge in [0.15, 0.2) is 11.6 Å². The van der Waals surface area contributed by atoms with Crippen LogP contribution in [0.2, 0.25) is 0 Å². The number of hydrogen-bond donors (Lipinski definition) is 4. The normalized spacial score (nSPS) is 27.8. The zero-order valence-corrected chi connectivity index (χ0v) is 61.6. The number of Topliss-reactive ketones (excluding diaryl/α,β-unsaturated/α-hetero) is 2. The summed E-state index contributed by atoms with van der Waals surface area (Å²) in [6.45, 7) is 33.7. The van der Waals surface area contributed by atoms with E-state index in [9.17, 15) is 43.5 Å². The van der Waals surface area contributed by atoms with Gasteiger partial charge in [-0.25, -0.2) is 0 Å². The Kier molecular flexibility index (Phi) is 35.9. The Morgan fingerprint density at radius 2 is 1.06 bits per heavy atom. The maximum absolute atomic E-state index is 15.2. The Labute approximate surface area is 563 Å². The molecule has 24 heteroatoms. The molecule has 0 aliphatic carbocycles. The van der Waals surface area contributed by atoms with Gasteiger partial charge in [-0.2, -0.15) is 0 Å². The predicted octanol–water partition coefficient (Wildman–Crippen LogP) is 4.97. The van der Waals surface area contributed by atoms with Crippen LogP contribution in [0.15, 0.2) is 12.2 Å². The minimum Gasteiger partial charge on any atom is -0.390 e. The number of amides is 9. The molecule has 94 heavy (non-hydrogen) atoms. The fraction of sp³-hybridized carbons (Fsp3) is 0.814. The molecule has 2 rings (SSSR count). The molecule has 4 N–H and O–H groups in total. The first kappa shape index (κ1) is 84.2. The highest BCUT2D eigenvalue weighted by atomic mass is 16.5. The minimum atomic E-state index is -1.68. The lowest BCUT2D eigenvalue weighted by molar-refractivity contribution is -0.154. The number of unbranched alkanes of at least 4 members (excludes halogenated alkanes) is 1. The van der Waals surface area contributed by atoms with Gasteiger partial charge in [0.1, 0.15) is 48.3 Å². The third-order valence-electron chi connectivity index (χ3n) is 18.8. The summed E-state index contributed by atoms with van der Waals surface area (Å²) in [4.78, 5) is 173. The summed E-state index contributed by atoms with van der Waals surface area (Å²) in [6, 6.07) is -11.3. The molecule has 0 aromatic carbocycles. The molecule has 14 atom stereocenters. The van der Waals surface area contributed by atoms with Crippen molar-refractivity contribution in [1.82, 2.24) is 50.2 Å². The van der Waals surface area contributed by atoms with Crippen molar-refractivity contribution >= 4 is 64.7 Å². The summed E-state index contributed by atoms with van der Waals surface area (Å²) in [5, 5.41) is 20.3. The number of aliphatic hydroxyl groups excluding tert-OH is 1. The molecule has 2 heterocycles. The number of aliphatic hydroxyl groups is 1. The summed E-state index contributed by atoms with van der Waals surface area (Å²) < 4.78 is 11.9. The Morgan fingerprint density at radius 1 is 0.553 bits per heavy atom. The molecule has 2 aliphatic heterocycles. The molecular weight excluding hydrogens is 1200 g/mol. The van der Waals surface area contributed by atoms with Crippen molar-refractivity contribution in [3.63, 3.8) is 0 Å². The molecule has 0 spiro atoms. The van der Waals surface area contributed by atoms with E-state index in [2.05, 4.69) is 20.9 Å². The van der Waals surface area contributed by atoms with E-state index in [4.69, 9.17) is 9.47 Å². The summed E-state index contributed by atoms with van der Waals surface area (Å²) in [5.41, 5.74) is 0. The number of carbonyl (C=O) groups is 11. The average Bonchev–Trinajstić information content (AvgIpc) is 0.826. The lowest BCUT2D eigenvalue weighted by atomic mass is 9.85. The quantitative estimate of drug-likeness (QED) is 0.0925. The molecule has 9 amide bonds. The summed E-state index contributed by atoms with van der Waals surface area (Å²) in [7, 11) is 8.70. The SMILES string of the molecule is C/C=C/C[C@@H](C)[C@@H](O)[C@@H]1NC(=O)[C@H](C(C)C)N(C)C(=O)[C@H](CC(C)C)N(C)C(=O)[C@H](CC(C)C)N(C)C(=O)[C@@H](C)NC(=O)[C@H](C)CC(=O)[C@H](CC(C)C)N(C)C(=O)[C@H](C(C)C)CC(=O)[C@H]([C@@H](C)OCCCCN2CCOCC2)N(C)C(=O)[C@@H](C)N(C)C(=O)[C@H](CC)NC1=O. The summed E-state index contributed by atoms with van der Waals surface area (Å²) in [5.74, 6) is -11.0. The van der Waals surface area contributed by atoms with E-state index in [1.54, 1.807) is 74.5 Å². The van der Waals surface area contributed by atoms with Crippen molar-refractivity contribution in [3.05, 3.63) is 12.2 Å². The molecule has 0 bridgehead atoms. The first-order valence-corrected chi connectivity index (χ1v) is 34.6. The zero-order chi connectivity index (χ0) is 71.9. The molecule has 0 saturated carbocycles. The number of morpholine rings is 1. The van der Waals surface area contributed by atoms with Gasteiger partial charge < -0.3 is 59.9 Å². The van der Waals surface area contributed by atoms with Crippen LogP contribution in [0.3, 0.4) is 0 Å². The molecule has 2 fully saturated rings. The molecule has 538 valence electrons. The Hall–Kier alpha value is -5.85. The lowest BCUT2D eigenvalue weighted by Gasteiger charge is -2.40. The number of ketones is 2. The second-order valence-electron chi connectivity index (χ2n) is 28.7. The van der Waals surface area contributed by atoms with Crippen LogP contribution in [-0.4, -0.2) is 252 Å². The van der Waals surface area contributed by atoms with Gasteiger partial charge in [-0.05, 0) is 115 Å². The van der Waals surface area contributed by atoms with Crippen LogP contribution in [0.5, 0.6) is 0 Å². The third-order valence-corrected chi connectivity index (χ3v) is 18.8. The molecule has 24 nitrogen and oxygen atoms in total. The highest BCUT2D eigenvalue weighted by Gasteiger charge is 2.45. The van der Waals surface area contributed by atoms with Crippen LogP contribution in [0.25, 0.3) is 0 Å². The van der Waals surface area contributed by atoms with E-state index >= 15 is 14.4 Å². The van der Waals surface area contributed by atoms with Crippen molar-refractivity contribution in [3.8, 4) is 0 Å². The number of ether oxygens (including phenoxy) is 2. The summed E-state index contributed by atoms with van der Waals surface area (Å²) >= 11 is 0. The van der Waals surface area contributed by atoms with E-state index in [1.807, 2.05) is 41.5 Å². The van der Waals surface area contributed by atoms with Gasteiger partial charge in [-0.3, -0.25) is 57.6 Å². The van der Waals surface area contributed by atoms with Gasteiger partial charge in [-0.15, -0.1) is 0 Å². The van der Waals surface area contributed by atoms with Crippen LogP contribution >= 0.6 is 0 Å². The Bertz CT molecular complexity index is 2540. The van der Waals surface area contributed by atoms with Crippen molar-refractivity contribution in [1.29, 1.82) is 0 Å². The number of hydrogen-bond acceptors (Lipinski definition) is 15. The van der Waals surface area contributed by atoms with E-state index in [0.29, 0.717) is 26.1 Å². The monoisotopic (exact) mass is 1330 g/mol. The van der Waals surface area contributed by atoms with Crippen molar-refractivity contribution in [2.24, 2.45) is 47.3 Å². The molecule has 0 radical (unpaired) electrons. The van der Waals surface area contributed by atoms with Crippen LogP contribution in [0.4, 0.5) is 0 Å². The van der Waals surface area contributed by atoms with Gasteiger partial charge in [0.25, 0.3) is 0 Å². The van der Waals surface area contributed by atoms with Gasteiger partial charge in [0, 0.05) is 86.7 Å². The maximum atomic E-state index is 15.2. The smallest absolute Gasteiger partial charge is 0.245 e. The first-order valence-electron chi connectivity index (χ1n) is 34.6. The van der Waals surface area contributed by atoms with Crippen LogP contribution in [0.1, 0.15) is 175 Å². The van der Waals surface area contributed by atoms with E-state index in [1.165, 1.54) is 80.6 Å². The predicted molar refractivity (Wildman–Crippen MR) is 363 cm³/mol. The van der Waals surface area contributed by atoms with E-state index < -0.39 is 161 Å². The molecule has 0 aromatic rings. The number of allylic oxidation sites excluding steroid dienone is 2. The van der Waals surface area contributed by atoms with Crippen molar-refractivity contribution in [2.75, 3.05) is 81.7 Å². The highest BCUT2D eigenvalue weighted by molar-refractivity contribution is 6.00. The van der Waals surface area contributed by atoms with Gasteiger partial charge in [-0.1, -0.05) is 102 Å². The number of nitrogens with zero attached hydrogens (tertiary/aromatic N) is 7. The van der Waals surface area contributed by atoms with Crippen molar-refractivity contribution in [2.45, 2.75) is 242 Å². The van der Waals surface area contributed by atoms with E-state index in [0.717, 1.165) is 31.0 Å². The second kappa shape index (κ2) is 40.0. The highest BCUT2D eigenvalue weighted by Crippen LogP contribution is 2.28. The van der Waals surface area contributed by atoms with Crippen molar-refractivity contribution < 1.29 is 67.3 Å². The maximum Gasteiger partial charge on any atom is 0.245 e. The summed E-state index contributed by atoms with van der Waals surface area (Å²) in [6.07, 6.45) is 2.73. The zero-order valence-electron chi connectivity index (χ0n) is 61.6.